The molecular weight excluding hydrogens is 350 g/mol. The monoisotopic (exact) mass is 371 g/mol. The molecule has 1 heterocycles. The van der Waals surface area contributed by atoms with Crippen LogP contribution in [0.4, 0.5) is 5.69 Å². The molecule has 3 rings (SSSR count). The van der Waals surface area contributed by atoms with Gasteiger partial charge in [-0.3, -0.25) is 4.79 Å². The van der Waals surface area contributed by atoms with Gasteiger partial charge in [-0.2, -0.15) is 0 Å². The number of aromatic amines is 1. The summed E-state index contributed by atoms with van der Waals surface area (Å²) in [5.74, 6) is 1.42. The first-order valence-corrected chi connectivity index (χ1v) is 9.45. The van der Waals surface area contributed by atoms with Crippen molar-refractivity contribution in [1.29, 1.82) is 0 Å². The highest BCUT2D eigenvalue weighted by Crippen LogP contribution is 2.30. The van der Waals surface area contributed by atoms with Crippen LogP contribution in [0.3, 0.4) is 0 Å². The zero-order valence-electron chi connectivity index (χ0n) is 14.7. The van der Waals surface area contributed by atoms with E-state index < -0.39 is 0 Å². The molecule has 0 radical (unpaired) electrons. The molecule has 2 N–H and O–H groups in total. The molecule has 0 spiro atoms. The van der Waals surface area contributed by atoms with E-state index in [0.29, 0.717) is 30.4 Å². The Balaban J connectivity index is 1.65. The maximum absolute atomic E-state index is 12.4. The molecule has 0 unspecified atom stereocenters. The Kier molecular flexibility index (Phi) is 6.01. The Morgan fingerprint density at radius 3 is 2.73 bits per heavy atom. The smallest absolute Gasteiger partial charge is 0.234 e. The minimum atomic E-state index is -0.134. The van der Waals surface area contributed by atoms with Crippen molar-refractivity contribution in [2.45, 2.75) is 19.0 Å². The van der Waals surface area contributed by atoms with Gasteiger partial charge in [-0.25, -0.2) is 4.98 Å². The number of carbonyl (C=O) groups excluding carboxylic acids is 1. The highest BCUT2D eigenvalue weighted by Gasteiger charge is 2.11. The lowest BCUT2D eigenvalue weighted by molar-refractivity contribution is -0.113. The van der Waals surface area contributed by atoms with Crippen molar-refractivity contribution in [3.8, 4) is 11.5 Å². The van der Waals surface area contributed by atoms with Crippen molar-refractivity contribution in [3.63, 3.8) is 0 Å². The van der Waals surface area contributed by atoms with Crippen LogP contribution in [0.5, 0.6) is 11.5 Å². The Morgan fingerprint density at radius 1 is 1.15 bits per heavy atom. The number of carbonyl (C=O) groups is 1. The fraction of sp³-hybridized carbons (Fsp3) is 0.263. The number of para-hydroxylation sites is 2. The third-order valence-electron chi connectivity index (χ3n) is 3.54. The van der Waals surface area contributed by atoms with Crippen LogP contribution >= 0.6 is 11.8 Å². The van der Waals surface area contributed by atoms with E-state index in [4.69, 9.17) is 9.47 Å². The molecule has 0 saturated heterocycles. The quantitative estimate of drug-likeness (QED) is 0.583. The van der Waals surface area contributed by atoms with Crippen LogP contribution in [0, 0.1) is 0 Å². The topological polar surface area (TPSA) is 76.2 Å². The minimum absolute atomic E-state index is 0.134. The number of thioether (sulfide) groups is 1. The summed E-state index contributed by atoms with van der Waals surface area (Å²) < 4.78 is 11.1. The standard InChI is InChI=1S/C19H21N3O3S/c1-3-24-13-9-10-17(25-4-2)16(11-13)20-18(23)12-26-19-21-14-7-5-6-8-15(14)22-19/h5-11H,3-4,12H2,1-2H3,(H,20,23)(H,21,22). The molecule has 26 heavy (non-hydrogen) atoms. The summed E-state index contributed by atoms with van der Waals surface area (Å²) in [6.45, 7) is 4.89. The highest BCUT2D eigenvalue weighted by atomic mass is 32.2. The number of imidazole rings is 1. The molecular formula is C19H21N3O3S. The average Bonchev–Trinajstić information content (AvgIpc) is 3.05. The molecule has 0 aliphatic rings. The predicted molar refractivity (Wildman–Crippen MR) is 104 cm³/mol. The number of H-pyrrole nitrogens is 1. The van der Waals surface area contributed by atoms with E-state index in [1.54, 1.807) is 12.1 Å². The van der Waals surface area contributed by atoms with Gasteiger partial charge in [0.25, 0.3) is 0 Å². The van der Waals surface area contributed by atoms with Gasteiger partial charge in [-0.1, -0.05) is 23.9 Å². The van der Waals surface area contributed by atoms with Gasteiger partial charge in [0.05, 0.1) is 35.7 Å². The second kappa shape index (κ2) is 8.62. The van der Waals surface area contributed by atoms with Crippen LogP contribution < -0.4 is 14.8 Å². The lowest BCUT2D eigenvalue weighted by atomic mass is 10.2. The van der Waals surface area contributed by atoms with Crippen LogP contribution in [0.25, 0.3) is 11.0 Å². The number of anilines is 1. The van der Waals surface area contributed by atoms with Crippen LogP contribution in [0.15, 0.2) is 47.6 Å². The second-order valence-corrected chi connectivity index (χ2v) is 6.38. The first kappa shape index (κ1) is 18.1. The third kappa shape index (κ3) is 4.49. The lowest BCUT2D eigenvalue weighted by Crippen LogP contribution is -2.15. The lowest BCUT2D eigenvalue weighted by Gasteiger charge is -2.13. The van der Waals surface area contributed by atoms with Crippen molar-refractivity contribution < 1.29 is 14.3 Å². The van der Waals surface area contributed by atoms with Crippen LogP contribution in [-0.4, -0.2) is 34.8 Å². The number of rotatable bonds is 8. The van der Waals surface area contributed by atoms with E-state index >= 15 is 0 Å². The number of nitrogens with one attached hydrogen (secondary N) is 2. The molecule has 0 atom stereocenters. The molecule has 0 fully saturated rings. The van der Waals surface area contributed by atoms with E-state index in [9.17, 15) is 4.79 Å². The molecule has 3 aromatic rings. The third-order valence-corrected chi connectivity index (χ3v) is 4.42. The molecule has 0 bridgehead atoms. The van der Waals surface area contributed by atoms with Gasteiger partial charge in [-0.15, -0.1) is 0 Å². The summed E-state index contributed by atoms with van der Waals surface area (Å²) in [5, 5.41) is 3.61. The molecule has 0 aliphatic carbocycles. The SMILES string of the molecule is CCOc1ccc(OCC)c(NC(=O)CSc2nc3ccccc3[nH]2)c1. The van der Waals surface area contributed by atoms with Gasteiger partial charge < -0.3 is 19.8 Å². The Bertz CT molecular complexity index is 862. The number of nitrogens with zero attached hydrogens (tertiary/aromatic N) is 1. The molecule has 1 aromatic heterocycles. The predicted octanol–water partition coefficient (Wildman–Crippen LogP) is 4.09. The fourth-order valence-electron chi connectivity index (χ4n) is 2.46. The van der Waals surface area contributed by atoms with Crippen molar-refractivity contribution in [3.05, 3.63) is 42.5 Å². The number of ether oxygens (including phenoxy) is 2. The Morgan fingerprint density at radius 2 is 1.96 bits per heavy atom. The summed E-state index contributed by atoms with van der Waals surface area (Å²) >= 11 is 1.36. The zero-order chi connectivity index (χ0) is 18.4. The largest absolute Gasteiger partial charge is 0.494 e. The van der Waals surface area contributed by atoms with Crippen LogP contribution in [0.1, 0.15) is 13.8 Å². The van der Waals surface area contributed by atoms with Crippen molar-refractivity contribution in [2.75, 3.05) is 24.3 Å². The normalized spacial score (nSPS) is 10.7. The first-order valence-electron chi connectivity index (χ1n) is 8.46. The molecule has 6 nitrogen and oxygen atoms in total. The van der Waals surface area contributed by atoms with Gasteiger partial charge in [0, 0.05) is 6.07 Å². The van der Waals surface area contributed by atoms with Gasteiger partial charge in [0.1, 0.15) is 11.5 Å². The molecule has 2 aromatic carbocycles. The van der Waals surface area contributed by atoms with Gasteiger partial charge in [0.2, 0.25) is 5.91 Å². The fourth-order valence-corrected chi connectivity index (χ4v) is 3.15. The molecule has 0 aliphatic heterocycles. The highest BCUT2D eigenvalue weighted by molar-refractivity contribution is 7.99. The van der Waals surface area contributed by atoms with Crippen LogP contribution in [-0.2, 0) is 4.79 Å². The van der Waals surface area contributed by atoms with E-state index in [-0.39, 0.29) is 11.7 Å². The number of benzene rings is 2. The van der Waals surface area contributed by atoms with E-state index in [1.807, 2.05) is 44.2 Å². The molecule has 1 amide bonds. The second-order valence-electron chi connectivity index (χ2n) is 5.42. The van der Waals surface area contributed by atoms with Crippen molar-refractivity contribution in [2.24, 2.45) is 0 Å². The maximum atomic E-state index is 12.4. The van der Waals surface area contributed by atoms with Crippen molar-refractivity contribution >= 4 is 34.4 Å². The molecule has 7 heteroatoms. The first-order chi connectivity index (χ1) is 12.7. The van der Waals surface area contributed by atoms with Crippen LogP contribution in [0.2, 0.25) is 0 Å². The summed E-state index contributed by atoms with van der Waals surface area (Å²) in [7, 11) is 0. The molecule has 0 saturated carbocycles. The van der Waals surface area contributed by atoms with Gasteiger partial charge in [0.15, 0.2) is 5.16 Å². The number of fused-ring (bicyclic) bond motifs is 1. The van der Waals surface area contributed by atoms with E-state index in [1.165, 1.54) is 11.8 Å². The number of hydrogen-bond donors (Lipinski definition) is 2. The number of hydrogen-bond acceptors (Lipinski definition) is 5. The Hall–Kier alpha value is -2.67. The van der Waals surface area contributed by atoms with E-state index in [2.05, 4.69) is 15.3 Å². The summed E-state index contributed by atoms with van der Waals surface area (Å²) in [6, 6.07) is 13.2. The summed E-state index contributed by atoms with van der Waals surface area (Å²) in [4.78, 5) is 20.0. The van der Waals surface area contributed by atoms with Gasteiger partial charge in [-0.05, 0) is 38.1 Å². The summed E-state index contributed by atoms with van der Waals surface area (Å²) in [5.41, 5.74) is 2.45. The van der Waals surface area contributed by atoms with E-state index in [0.717, 1.165) is 16.2 Å². The number of amides is 1. The minimum Gasteiger partial charge on any atom is -0.494 e. The Labute approximate surface area is 156 Å². The summed E-state index contributed by atoms with van der Waals surface area (Å²) in [6.07, 6.45) is 0. The van der Waals surface area contributed by atoms with Gasteiger partial charge >= 0.3 is 0 Å². The van der Waals surface area contributed by atoms with Crippen molar-refractivity contribution in [1.82, 2.24) is 9.97 Å². The number of aromatic nitrogens is 2. The average molecular weight is 371 g/mol. The zero-order valence-corrected chi connectivity index (χ0v) is 15.6. The molecule has 136 valence electrons. The maximum Gasteiger partial charge on any atom is 0.234 e.